The predicted molar refractivity (Wildman–Crippen MR) is 97.5 cm³/mol. The van der Waals surface area contributed by atoms with Crippen LogP contribution >= 0.6 is 0 Å². The van der Waals surface area contributed by atoms with Crippen molar-refractivity contribution in [2.24, 2.45) is 11.8 Å². The van der Waals surface area contributed by atoms with E-state index in [1.54, 1.807) is 12.4 Å². The summed E-state index contributed by atoms with van der Waals surface area (Å²) in [7, 11) is 1.36. The van der Waals surface area contributed by atoms with Crippen molar-refractivity contribution in [3.8, 4) is 0 Å². The van der Waals surface area contributed by atoms with Gasteiger partial charge in [0.2, 0.25) is 0 Å². The number of nitrogens with one attached hydrogen (secondary N) is 1. The quantitative estimate of drug-likeness (QED) is 0.713. The summed E-state index contributed by atoms with van der Waals surface area (Å²) in [6.07, 6.45) is 7.40. The average Bonchev–Trinajstić information content (AvgIpc) is 2.64. The largest absolute Gasteiger partial charge is 0.479 e. The molecule has 1 aliphatic carbocycles. The van der Waals surface area contributed by atoms with Crippen molar-refractivity contribution in [2.45, 2.75) is 50.2 Å². The highest BCUT2D eigenvalue weighted by Crippen LogP contribution is 2.41. The number of anilines is 1. The van der Waals surface area contributed by atoms with Gasteiger partial charge in [-0.3, -0.25) is 4.98 Å². The first kappa shape index (κ1) is 19.1. The van der Waals surface area contributed by atoms with Crippen molar-refractivity contribution < 1.29 is 19.7 Å². The number of carbonyl (C=O) groups is 1. The van der Waals surface area contributed by atoms with Gasteiger partial charge in [0.25, 0.3) is 0 Å². The van der Waals surface area contributed by atoms with Gasteiger partial charge < -0.3 is 20.4 Å². The summed E-state index contributed by atoms with van der Waals surface area (Å²) in [6.45, 7) is 1.98. The van der Waals surface area contributed by atoms with Gasteiger partial charge in [-0.15, -0.1) is 0 Å². The number of aromatic nitrogens is 1. The van der Waals surface area contributed by atoms with Gasteiger partial charge in [0.1, 0.15) is 5.60 Å². The third-order valence-electron chi connectivity index (χ3n) is 6.02. The molecule has 2 heterocycles. The molecule has 1 saturated carbocycles. The molecule has 3 rings (SSSR count). The minimum absolute atomic E-state index is 0.498. The van der Waals surface area contributed by atoms with Gasteiger partial charge in [0.05, 0.1) is 5.69 Å². The first-order valence-electron chi connectivity index (χ1n) is 9.41. The van der Waals surface area contributed by atoms with Gasteiger partial charge in [-0.2, -0.15) is 0 Å². The molecule has 0 radical (unpaired) electrons. The van der Waals surface area contributed by atoms with E-state index in [9.17, 15) is 15.0 Å². The Morgan fingerprint density at radius 3 is 2.35 bits per heavy atom. The molecule has 3 N–H and O–H groups in total. The monoisotopic (exact) mass is 363 g/mol. The zero-order valence-corrected chi connectivity index (χ0v) is 15.3. The topological polar surface area (TPSA) is 94.9 Å². The zero-order valence-electron chi connectivity index (χ0n) is 15.3. The molecule has 2 fully saturated rings. The number of hydrogen-bond acceptors (Lipinski definition) is 6. The summed E-state index contributed by atoms with van der Waals surface area (Å²) in [5.74, 6) is 0.120. The SMILES string of the molecule is COC(C(=O)O)C1(O)CCC(C2CCN(Nc3ccncc3)CC2)CC1. The molecular formula is C19H29N3O4. The number of aliphatic hydroxyl groups is 1. The molecule has 1 saturated heterocycles. The van der Waals surface area contributed by atoms with E-state index in [-0.39, 0.29) is 0 Å². The molecule has 1 aliphatic heterocycles. The number of rotatable bonds is 6. The van der Waals surface area contributed by atoms with Crippen molar-refractivity contribution in [2.75, 3.05) is 25.6 Å². The molecule has 0 bridgehead atoms. The van der Waals surface area contributed by atoms with Crippen molar-refractivity contribution in [1.29, 1.82) is 0 Å². The molecular weight excluding hydrogens is 334 g/mol. The lowest BCUT2D eigenvalue weighted by atomic mass is 9.69. The number of carboxylic acid groups (broad SMARTS) is 1. The Labute approximate surface area is 154 Å². The molecule has 1 aromatic rings. The fourth-order valence-corrected chi connectivity index (χ4v) is 4.52. The van der Waals surface area contributed by atoms with Gasteiger partial charge >= 0.3 is 5.97 Å². The Morgan fingerprint density at radius 2 is 1.81 bits per heavy atom. The minimum atomic E-state index is -1.24. The Bertz CT molecular complexity index is 582. The van der Waals surface area contributed by atoms with Crippen LogP contribution in [-0.4, -0.2) is 58.1 Å². The highest BCUT2D eigenvalue weighted by molar-refractivity contribution is 5.74. The summed E-state index contributed by atoms with van der Waals surface area (Å²) in [6, 6.07) is 3.92. The molecule has 0 amide bonds. The summed E-state index contributed by atoms with van der Waals surface area (Å²) in [5, 5.41) is 22.2. The molecule has 7 nitrogen and oxygen atoms in total. The van der Waals surface area contributed by atoms with Crippen molar-refractivity contribution in [3.63, 3.8) is 0 Å². The summed E-state index contributed by atoms with van der Waals surface area (Å²) < 4.78 is 5.04. The van der Waals surface area contributed by atoms with Gasteiger partial charge in [0, 0.05) is 32.6 Å². The number of pyridine rings is 1. The van der Waals surface area contributed by atoms with Crippen LogP contribution in [0.2, 0.25) is 0 Å². The Kier molecular flexibility index (Phi) is 6.11. The third-order valence-corrected chi connectivity index (χ3v) is 6.02. The minimum Gasteiger partial charge on any atom is -0.479 e. The van der Waals surface area contributed by atoms with E-state index in [1.807, 2.05) is 12.1 Å². The van der Waals surface area contributed by atoms with Gasteiger partial charge in [-0.1, -0.05) is 0 Å². The van der Waals surface area contributed by atoms with Crippen LogP contribution in [0.3, 0.4) is 0 Å². The Hall–Kier alpha value is -1.70. The lowest BCUT2D eigenvalue weighted by Gasteiger charge is -2.43. The van der Waals surface area contributed by atoms with Gasteiger partial charge in [-0.25, -0.2) is 9.80 Å². The van der Waals surface area contributed by atoms with E-state index in [4.69, 9.17) is 4.74 Å². The first-order chi connectivity index (χ1) is 12.5. The average molecular weight is 363 g/mol. The highest BCUT2D eigenvalue weighted by Gasteiger charge is 2.45. The predicted octanol–water partition coefficient (Wildman–Crippen LogP) is 2.14. The second-order valence-electron chi connectivity index (χ2n) is 7.57. The van der Waals surface area contributed by atoms with Crippen LogP contribution in [-0.2, 0) is 9.53 Å². The number of hydrazine groups is 1. The van der Waals surface area contributed by atoms with Crippen LogP contribution in [0.4, 0.5) is 5.69 Å². The van der Waals surface area contributed by atoms with Crippen molar-refractivity contribution >= 4 is 11.7 Å². The second-order valence-corrected chi connectivity index (χ2v) is 7.57. The number of nitrogens with zero attached hydrogens (tertiary/aromatic N) is 2. The number of piperidine rings is 1. The first-order valence-corrected chi connectivity index (χ1v) is 9.41. The lowest BCUT2D eigenvalue weighted by molar-refractivity contribution is -0.174. The van der Waals surface area contributed by atoms with E-state index >= 15 is 0 Å². The molecule has 144 valence electrons. The molecule has 1 aromatic heterocycles. The van der Waals surface area contributed by atoms with Crippen LogP contribution in [0.15, 0.2) is 24.5 Å². The fourth-order valence-electron chi connectivity index (χ4n) is 4.52. The molecule has 1 atom stereocenters. The number of ether oxygens (including phenoxy) is 1. The van der Waals surface area contributed by atoms with Gasteiger partial charge in [-0.05, 0) is 62.5 Å². The molecule has 1 unspecified atom stereocenters. The molecule has 7 heteroatoms. The van der Waals surface area contributed by atoms with Crippen molar-refractivity contribution in [1.82, 2.24) is 9.99 Å². The second kappa shape index (κ2) is 8.33. The Balaban J connectivity index is 1.47. The lowest BCUT2D eigenvalue weighted by Crippen LogP contribution is -2.51. The van der Waals surface area contributed by atoms with E-state index in [2.05, 4.69) is 15.4 Å². The maximum absolute atomic E-state index is 11.3. The maximum atomic E-state index is 11.3. The number of hydrogen-bond donors (Lipinski definition) is 3. The van der Waals surface area contributed by atoms with E-state index in [1.165, 1.54) is 7.11 Å². The highest BCUT2D eigenvalue weighted by atomic mass is 16.5. The number of carboxylic acids is 1. The zero-order chi connectivity index (χ0) is 18.6. The van der Waals surface area contributed by atoms with E-state index in [0.717, 1.165) is 44.5 Å². The van der Waals surface area contributed by atoms with Crippen LogP contribution in [0.5, 0.6) is 0 Å². The maximum Gasteiger partial charge on any atom is 0.335 e. The number of aliphatic carboxylic acids is 1. The van der Waals surface area contributed by atoms with Crippen LogP contribution in [0.25, 0.3) is 0 Å². The molecule has 0 spiro atoms. The summed E-state index contributed by atoms with van der Waals surface area (Å²) in [5.41, 5.74) is 3.24. The van der Waals surface area contributed by atoms with Crippen LogP contribution < -0.4 is 5.43 Å². The number of methoxy groups -OCH3 is 1. The van der Waals surface area contributed by atoms with Crippen LogP contribution in [0.1, 0.15) is 38.5 Å². The Morgan fingerprint density at radius 1 is 1.23 bits per heavy atom. The van der Waals surface area contributed by atoms with E-state index in [0.29, 0.717) is 24.7 Å². The van der Waals surface area contributed by atoms with Gasteiger partial charge in [0.15, 0.2) is 6.10 Å². The molecule has 0 aromatic carbocycles. The molecule has 2 aliphatic rings. The van der Waals surface area contributed by atoms with Crippen molar-refractivity contribution in [3.05, 3.63) is 24.5 Å². The van der Waals surface area contributed by atoms with E-state index < -0.39 is 17.7 Å². The molecule has 26 heavy (non-hydrogen) atoms. The standard InChI is InChI=1S/C19H29N3O4/c1-26-17(18(23)24)19(25)8-2-14(3-9-19)15-6-12-22(13-7-15)21-16-4-10-20-11-5-16/h4-5,10-11,14-15,17,25H,2-3,6-9,12-13H2,1H3,(H,20,21)(H,23,24). The third kappa shape index (κ3) is 4.34. The van der Waals surface area contributed by atoms with Crippen LogP contribution in [0, 0.1) is 11.8 Å². The summed E-state index contributed by atoms with van der Waals surface area (Å²) in [4.78, 5) is 15.3. The fraction of sp³-hybridized carbons (Fsp3) is 0.684. The smallest absolute Gasteiger partial charge is 0.335 e. The summed E-state index contributed by atoms with van der Waals surface area (Å²) >= 11 is 0. The normalized spacial score (nSPS) is 29.2.